The molecule has 0 radical (unpaired) electrons. The Morgan fingerprint density at radius 1 is 1.11 bits per heavy atom. The topological polar surface area (TPSA) is 112 Å². The summed E-state index contributed by atoms with van der Waals surface area (Å²) in [5, 5.41) is 4.53. The number of benzene rings is 1. The SMILES string of the molecule is CC.CCOC(=O)C(c1ncn2c1CCC2)N1Cc2c(F)cc(-c3cnn(C4CCN(C(=O)OC(C)(C)C)CC4)c3)cc2C1=O. The van der Waals surface area contributed by atoms with E-state index in [4.69, 9.17) is 9.47 Å². The summed E-state index contributed by atoms with van der Waals surface area (Å²) in [4.78, 5) is 46.9. The van der Waals surface area contributed by atoms with Crippen LogP contribution in [0.5, 0.6) is 0 Å². The van der Waals surface area contributed by atoms with Crippen molar-refractivity contribution < 1.29 is 28.2 Å². The largest absolute Gasteiger partial charge is 0.464 e. The van der Waals surface area contributed by atoms with E-state index in [1.807, 2.05) is 50.1 Å². The zero-order valence-corrected chi connectivity index (χ0v) is 27.0. The van der Waals surface area contributed by atoms with E-state index < -0.39 is 29.3 Å². The van der Waals surface area contributed by atoms with Gasteiger partial charge < -0.3 is 23.8 Å². The van der Waals surface area contributed by atoms with Gasteiger partial charge in [-0.05, 0) is 71.1 Å². The Bertz CT molecular complexity index is 1570. The number of hydrogen-bond acceptors (Lipinski definition) is 7. The van der Waals surface area contributed by atoms with Crippen molar-refractivity contribution in [3.05, 3.63) is 59.2 Å². The summed E-state index contributed by atoms with van der Waals surface area (Å²) in [7, 11) is 0. The highest BCUT2D eigenvalue weighted by molar-refractivity contribution is 6.01. The van der Waals surface area contributed by atoms with Crippen molar-refractivity contribution >= 4 is 18.0 Å². The lowest BCUT2D eigenvalue weighted by Gasteiger charge is -2.33. The highest BCUT2D eigenvalue weighted by Crippen LogP contribution is 2.38. The van der Waals surface area contributed by atoms with Crippen LogP contribution >= 0.6 is 0 Å². The van der Waals surface area contributed by atoms with E-state index in [1.165, 1.54) is 11.0 Å². The molecule has 2 aromatic heterocycles. The van der Waals surface area contributed by atoms with Crippen LogP contribution in [-0.4, -0.2) is 72.4 Å². The van der Waals surface area contributed by atoms with E-state index in [-0.39, 0.29) is 36.4 Å². The Balaban J connectivity index is 0.00000196. The smallest absolute Gasteiger partial charge is 0.410 e. The number of carbonyl (C=O) groups is 3. The van der Waals surface area contributed by atoms with Crippen LogP contribution in [-0.2, 0) is 33.8 Å². The number of halogens is 1. The first-order chi connectivity index (χ1) is 21.5. The van der Waals surface area contributed by atoms with Crippen molar-refractivity contribution in [1.29, 1.82) is 0 Å². The Morgan fingerprint density at radius 3 is 2.53 bits per heavy atom. The molecule has 11 nitrogen and oxygen atoms in total. The number of aromatic nitrogens is 4. The fourth-order valence-electron chi connectivity index (χ4n) is 6.23. The lowest BCUT2D eigenvalue weighted by molar-refractivity contribution is -0.149. The number of hydrogen-bond donors (Lipinski definition) is 0. The molecule has 3 aliphatic rings. The number of likely N-dealkylation sites (tertiary alicyclic amines) is 1. The van der Waals surface area contributed by atoms with Gasteiger partial charge in [0.05, 0.1) is 37.4 Å². The predicted molar refractivity (Wildman–Crippen MR) is 165 cm³/mol. The van der Waals surface area contributed by atoms with Crippen LogP contribution < -0.4 is 0 Å². The molecular weight excluding hydrogens is 579 g/mol. The van der Waals surface area contributed by atoms with Crippen LogP contribution in [0.1, 0.15) is 100 Å². The first-order valence-corrected chi connectivity index (χ1v) is 15.9. The monoisotopic (exact) mass is 622 g/mol. The number of esters is 1. The van der Waals surface area contributed by atoms with E-state index in [0.717, 1.165) is 25.1 Å². The second-order valence-electron chi connectivity index (χ2n) is 12.4. The summed E-state index contributed by atoms with van der Waals surface area (Å²) in [5.41, 5.74) is 2.53. The maximum Gasteiger partial charge on any atom is 0.410 e. The average molecular weight is 623 g/mol. The fraction of sp³-hybridized carbons (Fsp3) is 0.545. The van der Waals surface area contributed by atoms with Gasteiger partial charge in [-0.1, -0.05) is 13.8 Å². The molecule has 0 aliphatic carbocycles. The molecular formula is C33H43FN6O5. The van der Waals surface area contributed by atoms with Crippen molar-refractivity contribution in [2.75, 3.05) is 19.7 Å². The number of carbonyl (C=O) groups excluding carboxylic acids is 3. The number of ether oxygens (including phenoxy) is 2. The fourth-order valence-corrected chi connectivity index (χ4v) is 6.23. The second kappa shape index (κ2) is 13.0. The van der Waals surface area contributed by atoms with E-state index in [0.29, 0.717) is 42.8 Å². The molecule has 5 heterocycles. The van der Waals surface area contributed by atoms with Gasteiger partial charge in [-0.2, -0.15) is 5.10 Å². The molecule has 0 N–H and O–H groups in total. The number of aryl methyl sites for hydroxylation is 1. The molecule has 0 spiro atoms. The molecule has 6 rings (SSSR count). The van der Waals surface area contributed by atoms with E-state index in [9.17, 15) is 14.4 Å². The number of fused-ring (bicyclic) bond motifs is 2. The van der Waals surface area contributed by atoms with Crippen LogP contribution in [0.15, 0.2) is 30.9 Å². The molecule has 3 aliphatic heterocycles. The van der Waals surface area contributed by atoms with Crippen molar-refractivity contribution in [2.24, 2.45) is 0 Å². The maximum absolute atomic E-state index is 15.6. The third kappa shape index (κ3) is 6.46. The average Bonchev–Trinajstić information content (AvgIpc) is 3.80. The molecule has 242 valence electrons. The Morgan fingerprint density at radius 2 is 1.84 bits per heavy atom. The molecule has 0 saturated carbocycles. The van der Waals surface area contributed by atoms with Crippen LogP contribution in [0.25, 0.3) is 11.1 Å². The summed E-state index contributed by atoms with van der Waals surface area (Å²) >= 11 is 0. The molecule has 12 heteroatoms. The Labute approximate surface area is 263 Å². The highest BCUT2D eigenvalue weighted by atomic mass is 19.1. The van der Waals surface area contributed by atoms with Gasteiger partial charge in [-0.3, -0.25) is 9.48 Å². The lowest BCUT2D eigenvalue weighted by Crippen LogP contribution is -2.42. The van der Waals surface area contributed by atoms with Crippen LogP contribution in [0.3, 0.4) is 0 Å². The molecule has 1 aromatic carbocycles. The van der Waals surface area contributed by atoms with Crippen LogP contribution in [0.4, 0.5) is 9.18 Å². The van der Waals surface area contributed by atoms with Crippen molar-refractivity contribution in [3.8, 4) is 11.1 Å². The third-order valence-electron chi connectivity index (χ3n) is 8.31. The number of amides is 2. The minimum Gasteiger partial charge on any atom is -0.464 e. The number of imidazole rings is 1. The number of piperidine rings is 1. The first-order valence-electron chi connectivity index (χ1n) is 15.9. The molecule has 45 heavy (non-hydrogen) atoms. The zero-order valence-electron chi connectivity index (χ0n) is 27.0. The normalized spacial score (nSPS) is 17.0. The minimum atomic E-state index is -1.05. The molecule has 1 saturated heterocycles. The summed E-state index contributed by atoms with van der Waals surface area (Å²) in [6.07, 6.45) is 7.98. The number of nitrogens with zero attached hydrogens (tertiary/aromatic N) is 6. The van der Waals surface area contributed by atoms with Gasteiger partial charge in [-0.25, -0.2) is 19.0 Å². The highest BCUT2D eigenvalue weighted by Gasteiger charge is 2.42. The number of rotatable bonds is 6. The molecule has 1 atom stereocenters. The van der Waals surface area contributed by atoms with Gasteiger partial charge in [-0.15, -0.1) is 0 Å². The van der Waals surface area contributed by atoms with E-state index in [1.54, 1.807) is 30.4 Å². The van der Waals surface area contributed by atoms with Gasteiger partial charge in [0.2, 0.25) is 0 Å². The molecule has 3 aromatic rings. The van der Waals surface area contributed by atoms with Gasteiger partial charge in [0, 0.05) is 48.2 Å². The summed E-state index contributed by atoms with van der Waals surface area (Å²) in [5.74, 6) is -1.52. The second-order valence-corrected chi connectivity index (χ2v) is 12.4. The van der Waals surface area contributed by atoms with E-state index in [2.05, 4.69) is 10.1 Å². The molecule has 2 amide bonds. The predicted octanol–water partition coefficient (Wildman–Crippen LogP) is 5.69. The maximum atomic E-state index is 15.6. The third-order valence-corrected chi connectivity index (χ3v) is 8.31. The zero-order chi connectivity index (χ0) is 32.5. The Hall–Kier alpha value is -4.22. The summed E-state index contributed by atoms with van der Waals surface area (Å²) in [6.45, 7) is 13.3. The summed E-state index contributed by atoms with van der Waals surface area (Å²) in [6, 6.07) is 2.11. The van der Waals surface area contributed by atoms with Crippen LogP contribution in [0.2, 0.25) is 0 Å². The van der Waals surface area contributed by atoms with Crippen molar-refractivity contribution in [2.45, 2.75) is 98.0 Å². The summed E-state index contributed by atoms with van der Waals surface area (Å²) < 4.78 is 30.3. The molecule has 0 bridgehead atoms. The van der Waals surface area contributed by atoms with Crippen LogP contribution in [0, 0.1) is 5.82 Å². The van der Waals surface area contributed by atoms with Crippen molar-refractivity contribution in [3.63, 3.8) is 0 Å². The quantitative estimate of drug-likeness (QED) is 0.325. The molecule has 1 fully saturated rings. The Kier molecular flexibility index (Phi) is 9.31. The van der Waals surface area contributed by atoms with Crippen molar-refractivity contribution in [1.82, 2.24) is 29.1 Å². The van der Waals surface area contributed by atoms with Gasteiger partial charge in [0.25, 0.3) is 5.91 Å². The first kappa shape index (κ1) is 32.2. The minimum absolute atomic E-state index is 0.0501. The van der Waals surface area contributed by atoms with Gasteiger partial charge in [0.15, 0.2) is 6.04 Å². The standard InChI is InChI=1S/C31H37FN6O5.C2H6/c1-5-42-29(40)27(26-25-7-6-10-36(25)18-33-26)37-17-23-22(28(37)39)13-19(14-24(23)32)20-15-34-38(16-20)21-8-11-35(12-9-21)30(41)43-31(2,3)4;1-2/h13-16,18,21,27H,5-12,17H2,1-4H3;1-2H3. The molecule has 1 unspecified atom stereocenters. The lowest BCUT2D eigenvalue weighted by atomic mass is 10.0. The van der Waals surface area contributed by atoms with Gasteiger partial charge >= 0.3 is 12.1 Å². The van der Waals surface area contributed by atoms with E-state index >= 15 is 4.39 Å². The van der Waals surface area contributed by atoms with Gasteiger partial charge in [0.1, 0.15) is 11.4 Å².